The molecule has 0 aromatic heterocycles. The first-order valence-electron chi connectivity index (χ1n) is 21.4. The van der Waals surface area contributed by atoms with Crippen LogP contribution in [0.4, 0.5) is 17.1 Å². The molecule has 10 aliphatic carbocycles. The van der Waals surface area contributed by atoms with E-state index in [2.05, 4.69) is 118 Å². The van der Waals surface area contributed by atoms with Crippen LogP contribution in [0.1, 0.15) is 126 Å². The minimum atomic E-state index is 0.110. The van der Waals surface area contributed by atoms with Gasteiger partial charge in [0.1, 0.15) is 0 Å². The van der Waals surface area contributed by atoms with Gasteiger partial charge in [-0.2, -0.15) is 0 Å². The summed E-state index contributed by atoms with van der Waals surface area (Å²) in [6, 6.07) is 34.9. The summed E-state index contributed by atoms with van der Waals surface area (Å²) in [5.74, 6) is 6.50. The second kappa shape index (κ2) is 9.30. The summed E-state index contributed by atoms with van der Waals surface area (Å²) in [7, 11) is 0. The van der Waals surface area contributed by atoms with Gasteiger partial charge < -0.3 is 4.90 Å². The van der Waals surface area contributed by atoms with E-state index in [1.165, 1.54) is 98.8 Å². The number of rotatable bonds is 4. The monoisotopic (exact) mass is 681 g/mol. The number of hydrogen-bond acceptors (Lipinski definition) is 1. The van der Waals surface area contributed by atoms with Gasteiger partial charge >= 0.3 is 0 Å². The smallest absolute Gasteiger partial charge is 0.0502 e. The molecule has 0 aliphatic heterocycles. The third-order valence-corrected chi connectivity index (χ3v) is 18.6. The standard InChI is InChI=1S/C51H55N/c1-47(2)18-19-48(3,4)46-41(47)10-7-11-43(46)52(36-14-12-33(13-15-36)49-27-30-20-31(28-49)22-34(49)21-30)37-16-17-39-38-8-5-6-9-40(38)51(42(39)26-37)44-24-32-23-35-25-45(51)50(35,44)29-32/h5-17,26,30-32,34-35,44-45H,18-25,27-29H2,1-4H3. The van der Waals surface area contributed by atoms with Crippen LogP contribution < -0.4 is 4.90 Å². The van der Waals surface area contributed by atoms with E-state index in [-0.39, 0.29) is 16.2 Å². The average Bonchev–Trinajstić information content (AvgIpc) is 3.88. The van der Waals surface area contributed by atoms with Crippen molar-refractivity contribution in [3.8, 4) is 11.1 Å². The number of fused-ring (bicyclic) bond motifs is 9. The second-order valence-electron chi connectivity index (χ2n) is 21.4. The molecule has 0 N–H and O–H groups in total. The summed E-state index contributed by atoms with van der Waals surface area (Å²) in [5.41, 5.74) is 16.8. The molecule has 4 aromatic carbocycles. The summed E-state index contributed by atoms with van der Waals surface area (Å²) in [6.45, 7) is 10.00. The first kappa shape index (κ1) is 30.1. The topological polar surface area (TPSA) is 3.24 Å². The lowest BCUT2D eigenvalue weighted by Crippen LogP contribution is -2.73. The van der Waals surface area contributed by atoms with Crippen LogP contribution in [-0.4, -0.2) is 0 Å². The van der Waals surface area contributed by atoms with Crippen molar-refractivity contribution in [1.29, 1.82) is 0 Å². The number of benzene rings is 4. The van der Waals surface area contributed by atoms with Gasteiger partial charge in [0.2, 0.25) is 0 Å². The maximum absolute atomic E-state index is 2.73. The van der Waals surface area contributed by atoms with E-state index in [4.69, 9.17) is 0 Å². The molecule has 1 heteroatoms. The van der Waals surface area contributed by atoms with Crippen molar-refractivity contribution in [3.63, 3.8) is 0 Å². The van der Waals surface area contributed by atoms with E-state index in [1.807, 2.05) is 0 Å². The van der Waals surface area contributed by atoms with Gasteiger partial charge in [-0.1, -0.05) is 82.3 Å². The maximum Gasteiger partial charge on any atom is 0.0502 e. The number of nitrogens with zero attached hydrogens (tertiary/aromatic N) is 1. The molecule has 8 fully saturated rings. The van der Waals surface area contributed by atoms with Gasteiger partial charge in [0.15, 0.2) is 0 Å². The Morgan fingerprint density at radius 3 is 2.02 bits per heavy atom. The van der Waals surface area contributed by atoms with Crippen molar-refractivity contribution in [2.75, 3.05) is 4.90 Å². The minimum Gasteiger partial charge on any atom is -0.310 e. The summed E-state index contributed by atoms with van der Waals surface area (Å²) in [4.78, 5) is 2.72. The molecule has 2 spiro atoms. The Balaban J connectivity index is 1.01. The van der Waals surface area contributed by atoms with Crippen molar-refractivity contribution < 1.29 is 0 Å². The first-order chi connectivity index (χ1) is 25.1. The number of hydrogen-bond donors (Lipinski definition) is 0. The van der Waals surface area contributed by atoms with Crippen LogP contribution in [0, 0.1) is 46.8 Å². The molecule has 0 radical (unpaired) electrons. The number of anilines is 3. The molecule has 6 bridgehead atoms. The zero-order chi connectivity index (χ0) is 34.6. The van der Waals surface area contributed by atoms with E-state index in [1.54, 1.807) is 27.8 Å². The van der Waals surface area contributed by atoms with Crippen LogP contribution in [0.2, 0.25) is 0 Å². The summed E-state index contributed by atoms with van der Waals surface area (Å²) < 4.78 is 0. The molecule has 0 amide bonds. The predicted octanol–water partition coefficient (Wildman–Crippen LogP) is 12.9. The lowest BCUT2D eigenvalue weighted by Gasteiger charge is -2.76. The fourth-order valence-electron chi connectivity index (χ4n) is 17.0. The van der Waals surface area contributed by atoms with Crippen LogP contribution >= 0.6 is 0 Å². The van der Waals surface area contributed by atoms with E-state index >= 15 is 0 Å². The Bertz CT molecular complexity index is 2210. The van der Waals surface area contributed by atoms with E-state index in [0.29, 0.717) is 10.8 Å². The van der Waals surface area contributed by atoms with E-state index in [0.717, 1.165) is 41.4 Å². The van der Waals surface area contributed by atoms with E-state index in [9.17, 15) is 0 Å². The quantitative estimate of drug-likeness (QED) is 0.207. The zero-order valence-corrected chi connectivity index (χ0v) is 31.8. The van der Waals surface area contributed by atoms with Crippen LogP contribution in [0.15, 0.2) is 84.9 Å². The highest BCUT2D eigenvalue weighted by molar-refractivity contribution is 5.88. The SMILES string of the molecule is CC1(C)CCC(C)(C)c2c(N(c3ccc(C45CC6CC(CC4C6)C5)cc3)c3ccc4c(c3)C3(c5ccccc5-4)C4CC5CC6CC3C64C5)cccc21. The Labute approximate surface area is 311 Å². The van der Waals surface area contributed by atoms with E-state index < -0.39 is 0 Å². The van der Waals surface area contributed by atoms with Crippen molar-refractivity contribution in [1.82, 2.24) is 0 Å². The Hall–Kier alpha value is -3.32. The van der Waals surface area contributed by atoms with Gasteiger partial charge in [-0.05, 0) is 203 Å². The molecule has 8 atom stereocenters. The van der Waals surface area contributed by atoms with Gasteiger partial charge in [-0.3, -0.25) is 0 Å². The average molecular weight is 682 g/mol. The molecule has 52 heavy (non-hydrogen) atoms. The fourth-order valence-corrected chi connectivity index (χ4v) is 17.0. The van der Waals surface area contributed by atoms with Crippen LogP contribution in [0.3, 0.4) is 0 Å². The van der Waals surface area contributed by atoms with Crippen LogP contribution in [0.25, 0.3) is 11.1 Å². The van der Waals surface area contributed by atoms with Gasteiger partial charge in [-0.15, -0.1) is 0 Å². The third kappa shape index (κ3) is 3.27. The zero-order valence-electron chi connectivity index (χ0n) is 31.8. The lowest BCUT2D eigenvalue weighted by atomic mass is 9.27. The first-order valence-corrected chi connectivity index (χ1v) is 21.4. The normalized spacial score (nSPS) is 40.6. The molecule has 8 unspecified atom stereocenters. The molecule has 0 saturated heterocycles. The van der Waals surface area contributed by atoms with Crippen molar-refractivity contribution >= 4 is 17.1 Å². The fraction of sp³-hybridized carbons (Fsp3) is 0.529. The van der Waals surface area contributed by atoms with Gasteiger partial charge in [0.05, 0.1) is 5.69 Å². The molecule has 8 saturated carbocycles. The Morgan fingerprint density at radius 2 is 1.21 bits per heavy atom. The van der Waals surface area contributed by atoms with Gasteiger partial charge in [-0.25, -0.2) is 0 Å². The highest BCUT2D eigenvalue weighted by Crippen LogP contribution is 2.89. The molecule has 14 rings (SSSR count). The van der Waals surface area contributed by atoms with Crippen molar-refractivity contribution in [2.24, 2.45) is 46.8 Å². The minimum absolute atomic E-state index is 0.110. The Kier molecular flexibility index (Phi) is 5.38. The highest BCUT2D eigenvalue weighted by atomic mass is 15.1. The van der Waals surface area contributed by atoms with Gasteiger partial charge in [0, 0.05) is 16.8 Å². The molecule has 0 heterocycles. The molecule has 4 aromatic rings. The van der Waals surface area contributed by atoms with Crippen LogP contribution in [-0.2, 0) is 21.7 Å². The lowest BCUT2D eigenvalue weighted by molar-refractivity contribution is -0.231. The highest BCUT2D eigenvalue weighted by Gasteiger charge is 2.84. The van der Waals surface area contributed by atoms with Crippen LogP contribution in [0.5, 0.6) is 0 Å². The molecule has 1 nitrogen and oxygen atoms in total. The third-order valence-electron chi connectivity index (χ3n) is 18.6. The molecule has 264 valence electrons. The molecule has 10 aliphatic rings. The summed E-state index contributed by atoms with van der Waals surface area (Å²) in [6.07, 6.45) is 15.8. The second-order valence-corrected chi connectivity index (χ2v) is 21.4. The largest absolute Gasteiger partial charge is 0.310 e. The molecular weight excluding hydrogens is 627 g/mol. The predicted molar refractivity (Wildman–Crippen MR) is 213 cm³/mol. The van der Waals surface area contributed by atoms with Crippen molar-refractivity contribution in [3.05, 3.63) is 113 Å². The van der Waals surface area contributed by atoms with Crippen molar-refractivity contribution in [2.45, 2.75) is 120 Å². The summed E-state index contributed by atoms with van der Waals surface area (Å²) >= 11 is 0. The Morgan fingerprint density at radius 1 is 0.538 bits per heavy atom. The van der Waals surface area contributed by atoms with Gasteiger partial charge in [0.25, 0.3) is 0 Å². The molecular formula is C51H55N. The summed E-state index contributed by atoms with van der Waals surface area (Å²) in [5, 5.41) is 0. The maximum atomic E-state index is 2.73.